The number of hydrogen-bond donors (Lipinski definition) is 2. The predicted molar refractivity (Wildman–Crippen MR) is 104 cm³/mol. The molecule has 134 valence electrons. The van der Waals surface area contributed by atoms with Crippen LogP contribution in [-0.2, 0) is 6.54 Å². The van der Waals surface area contributed by atoms with Gasteiger partial charge in [0, 0.05) is 12.6 Å². The van der Waals surface area contributed by atoms with E-state index in [4.69, 9.17) is 0 Å². The van der Waals surface area contributed by atoms with Gasteiger partial charge in [-0.05, 0) is 24.6 Å². The molecule has 0 saturated heterocycles. The number of hydrogen-bond acceptors (Lipinski definition) is 3. The molecule has 0 aliphatic heterocycles. The van der Waals surface area contributed by atoms with Crippen molar-refractivity contribution in [1.82, 2.24) is 20.1 Å². The highest BCUT2D eigenvalue weighted by Gasteiger charge is 2.19. The first-order valence-corrected chi connectivity index (χ1v) is 8.63. The van der Waals surface area contributed by atoms with Crippen molar-refractivity contribution in [2.75, 3.05) is 0 Å². The summed E-state index contributed by atoms with van der Waals surface area (Å²) in [5.41, 5.74) is 2.97. The lowest BCUT2D eigenvalue weighted by molar-refractivity contribution is 0.0952. The molecule has 0 aliphatic rings. The van der Waals surface area contributed by atoms with E-state index >= 15 is 0 Å². The first-order chi connectivity index (χ1) is 13.1. The molecule has 6 heteroatoms. The van der Waals surface area contributed by atoms with E-state index in [0.29, 0.717) is 28.8 Å². The van der Waals surface area contributed by atoms with Crippen molar-refractivity contribution in [3.05, 3.63) is 93.9 Å². The Bertz CT molecular complexity index is 1160. The lowest BCUT2D eigenvalue weighted by Gasteiger charge is -2.07. The standard InChI is InChI=1S/C21H18N4O2/c1-14-19-17(21(27)22-13-15-8-4-2-5-9-15)12-18(26)23-20(19)25(24-14)16-10-6-3-7-11-16/h2-12H,13H2,1H3,(H,22,27)(H,23,26). The van der Waals surface area contributed by atoms with Gasteiger partial charge in [0.1, 0.15) is 5.65 Å². The molecular weight excluding hydrogens is 340 g/mol. The highest BCUT2D eigenvalue weighted by Crippen LogP contribution is 2.22. The molecule has 2 aromatic heterocycles. The molecule has 4 aromatic rings. The summed E-state index contributed by atoms with van der Waals surface area (Å²) in [6, 6.07) is 20.4. The number of nitrogens with zero attached hydrogens (tertiary/aromatic N) is 2. The molecular formula is C21H18N4O2. The number of aryl methyl sites for hydroxylation is 1. The minimum absolute atomic E-state index is 0.300. The van der Waals surface area contributed by atoms with E-state index < -0.39 is 0 Å². The average molecular weight is 358 g/mol. The number of aromatic amines is 1. The number of nitrogens with one attached hydrogen (secondary N) is 2. The highest BCUT2D eigenvalue weighted by atomic mass is 16.2. The zero-order valence-corrected chi connectivity index (χ0v) is 14.8. The number of benzene rings is 2. The Morgan fingerprint density at radius 1 is 1.07 bits per heavy atom. The minimum Gasteiger partial charge on any atom is -0.348 e. The molecule has 0 radical (unpaired) electrons. The van der Waals surface area contributed by atoms with Gasteiger partial charge in [-0.3, -0.25) is 9.59 Å². The van der Waals surface area contributed by atoms with Crippen LogP contribution in [0.15, 0.2) is 71.5 Å². The van der Waals surface area contributed by atoms with Gasteiger partial charge in [0.05, 0.1) is 22.3 Å². The minimum atomic E-state index is -0.343. The molecule has 4 rings (SSSR count). The largest absolute Gasteiger partial charge is 0.348 e. The Balaban J connectivity index is 1.76. The van der Waals surface area contributed by atoms with Gasteiger partial charge >= 0.3 is 0 Å². The van der Waals surface area contributed by atoms with Crippen LogP contribution in [0.1, 0.15) is 21.6 Å². The second-order valence-electron chi connectivity index (χ2n) is 6.27. The van der Waals surface area contributed by atoms with Gasteiger partial charge in [-0.1, -0.05) is 48.5 Å². The highest BCUT2D eigenvalue weighted by molar-refractivity contribution is 6.06. The van der Waals surface area contributed by atoms with E-state index in [1.807, 2.05) is 67.6 Å². The van der Waals surface area contributed by atoms with Crippen molar-refractivity contribution in [2.45, 2.75) is 13.5 Å². The number of pyridine rings is 1. The van der Waals surface area contributed by atoms with E-state index in [1.54, 1.807) is 4.68 Å². The van der Waals surface area contributed by atoms with Crippen molar-refractivity contribution in [1.29, 1.82) is 0 Å². The molecule has 0 bridgehead atoms. The van der Waals surface area contributed by atoms with E-state index in [2.05, 4.69) is 15.4 Å². The first-order valence-electron chi connectivity index (χ1n) is 8.63. The fourth-order valence-corrected chi connectivity index (χ4v) is 3.13. The maximum atomic E-state index is 12.8. The molecule has 6 nitrogen and oxygen atoms in total. The monoisotopic (exact) mass is 358 g/mol. The van der Waals surface area contributed by atoms with Gasteiger partial charge in [-0.15, -0.1) is 0 Å². The number of rotatable bonds is 4. The summed E-state index contributed by atoms with van der Waals surface area (Å²) in [5, 5.41) is 8.05. The molecule has 1 amide bonds. The van der Waals surface area contributed by atoms with Gasteiger partial charge in [-0.2, -0.15) is 5.10 Å². The Hall–Kier alpha value is -3.67. The lowest BCUT2D eigenvalue weighted by atomic mass is 10.1. The lowest BCUT2D eigenvalue weighted by Crippen LogP contribution is -2.25. The number of aromatic nitrogens is 3. The molecule has 2 aromatic carbocycles. The summed E-state index contributed by atoms with van der Waals surface area (Å²) >= 11 is 0. The SMILES string of the molecule is Cc1nn(-c2ccccc2)c2[nH]c(=O)cc(C(=O)NCc3ccccc3)c12. The van der Waals surface area contributed by atoms with E-state index in [-0.39, 0.29) is 11.5 Å². The number of fused-ring (bicyclic) bond motifs is 1. The molecule has 0 aliphatic carbocycles. The first kappa shape index (κ1) is 16.8. The van der Waals surface area contributed by atoms with E-state index in [1.165, 1.54) is 6.07 Å². The third-order valence-electron chi connectivity index (χ3n) is 4.39. The van der Waals surface area contributed by atoms with E-state index in [0.717, 1.165) is 11.3 Å². The van der Waals surface area contributed by atoms with Crippen molar-refractivity contribution >= 4 is 16.9 Å². The third-order valence-corrected chi connectivity index (χ3v) is 4.39. The number of para-hydroxylation sites is 1. The third kappa shape index (κ3) is 3.25. The molecule has 2 heterocycles. The Labute approximate surface area is 155 Å². The topological polar surface area (TPSA) is 79.8 Å². The van der Waals surface area contributed by atoms with Crippen LogP contribution in [0.25, 0.3) is 16.7 Å². The van der Waals surface area contributed by atoms with Crippen LogP contribution in [0.2, 0.25) is 0 Å². The molecule has 27 heavy (non-hydrogen) atoms. The number of H-pyrrole nitrogens is 1. The van der Waals surface area contributed by atoms with Crippen molar-refractivity contribution in [2.24, 2.45) is 0 Å². The molecule has 0 atom stereocenters. The normalized spacial score (nSPS) is 10.9. The van der Waals surface area contributed by atoms with Crippen molar-refractivity contribution < 1.29 is 4.79 Å². The number of carbonyl (C=O) groups is 1. The predicted octanol–water partition coefficient (Wildman–Crippen LogP) is 2.95. The van der Waals surface area contributed by atoms with Crippen LogP contribution in [-0.4, -0.2) is 20.7 Å². The van der Waals surface area contributed by atoms with Crippen LogP contribution in [0.5, 0.6) is 0 Å². The summed E-state index contributed by atoms with van der Waals surface area (Å²) in [4.78, 5) is 27.8. The maximum Gasteiger partial charge on any atom is 0.252 e. The van der Waals surface area contributed by atoms with Crippen molar-refractivity contribution in [3.63, 3.8) is 0 Å². The Kier molecular flexibility index (Phi) is 4.30. The van der Waals surface area contributed by atoms with Crippen LogP contribution < -0.4 is 10.9 Å². The zero-order valence-electron chi connectivity index (χ0n) is 14.8. The molecule has 0 fully saturated rings. The summed E-state index contributed by atoms with van der Waals surface area (Å²) < 4.78 is 1.65. The Morgan fingerprint density at radius 3 is 2.44 bits per heavy atom. The summed E-state index contributed by atoms with van der Waals surface area (Å²) in [7, 11) is 0. The number of amides is 1. The van der Waals surface area contributed by atoms with Crippen LogP contribution in [0, 0.1) is 6.92 Å². The fraction of sp³-hybridized carbons (Fsp3) is 0.0952. The van der Waals surface area contributed by atoms with Gasteiger partial charge in [-0.25, -0.2) is 4.68 Å². The average Bonchev–Trinajstić information content (AvgIpc) is 3.03. The summed E-state index contributed by atoms with van der Waals surface area (Å²) in [6.07, 6.45) is 0. The Morgan fingerprint density at radius 2 is 1.74 bits per heavy atom. The fourth-order valence-electron chi connectivity index (χ4n) is 3.13. The van der Waals surface area contributed by atoms with Crippen molar-refractivity contribution in [3.8, 4) is 5.69 Å². The molecule has 0 unspecified atom stereocenters. The van der Waals surface area contributed by atoms with Gasteiger partial charge < -0.3 is 10.3 Å². The van der Waals surface area contributed by atoms with Crippen LogP contribution in [0.4, 0.5) is 0 Å². The second-order valence-corrected chi connectivity index (χ2v) is 6.27. The number of carbonyl (C=O) groups excluding carboxylic acids is 1. The van der Waals surface area contributed by atoms with Crippen LogP contribution in [0.3, 0.4) is 0 Å². The van der Waals surface area contributed by atoms with Gasteiger partial charge in [0.2, 0.25) is 5.56 Å². The van der Waals surface area contributed by atoms with Crippen LogP contribution >= 0.6 is 0 Å². The summed E-state index contributed by atoms with van der Waals surface area (Å²) in [5.74, 6) is -0.300. The maximum absolute atomic E-state index is 12.8. The summed E-state index contributed by atoms with van der Waals surface area (Å²) in [6.45, 7) is 2.22. The molecule has 0 spiro atoms. The quantitative estimate of drug-likeness (QED) is 0.589. The van der Waals surface area contributed by atoms with Gasteiger partial charge in [0.15, 0.2) is 0 Å². The smallest absolute Gasteiger partial charge is 0.252 e. The molecule has 2 N–H and O–H groups in total. The van der Waals surface area contributed by atoms with Gasteiger partial charge in [0.25, 0.3) is 5.91 Å². The zero-order chi connectivity index (χ0) is 18.8. The van der Waals surface area contributed by atoms with E-state index in [9.17, 15) is 9.59 Å². The second kappa shape index (κ2) is 6.92. The molecule has 0 saturated carbocycles.